The lowest BCUT2D eigenvalue weighted by molar-refractivity contribution is -0.0503. The molecule has 2 atom stereocenters. The second-order valence-electron chi connectivity index (χ2n) is 6.48. The maximum absolute atomic E-state index is 12.5. The molecule has 2 fully saturated rings. The van der Waals surface area contributed by atoms with E-state index < -0.39 is 0 Å². The molecule has 6 heteroatoms. The van der Waals surface area contributed by atoms with E-state index in [4.69, 9.17) is 4.74 Å². The topological polar surface area (TPSA) is 57.7 Å². The third kappa shape index (κ3) is 3.65. The zero-order valence-corrected chi connectivity index (χ0v) is 14.0. The smallest absolute Gasteiger partial charge is 0.323 e. The largest absolute Gasteiger partial charge is 0.373 e. The van der Waals surface area contributed by atoms with Gasteiger partial charge in [0.25, 0.3) is 0 Å². The number of anilines is 1. The number of nitrogens with zero attached hydrogens (tertiary/aromatic N) is 3. The van der Waals surface area contributed by atoms with E-state index in [9.17, 15) is 4.79 Å². The van der Waals surface area contributed by atoms with Crippen molar-refractivity contribution in [3.05, 3.63) is 60.3 Å². The van der Waals surface area contributed by atoms with Crippen LogP contribution >= 0.6 is 0 Å². The van der Waals surface area contributed by atoms with Gasteiger partial charge in [-0.2, -0.15) is 0 Å². The first-order valence-electron chi connectivity index (χ1n) is 8.66. The number of morpholine rings is 1. The molecule has 0 radical (unpaired) electrons. The number of hydrogen-bond donors (Lipinski definition) is 1. The van der Waals surface area contributed by atoms with Crippen LogP contribution in [0.1, 0.15) is 5.56 Å². The quantitative estimate of drug-likeness (QED) is 0.932. The molecule has 1 N–H and O–H groups in total. The van der Waals surface area contributed by atoms with Crippen LogP contribution in [0.5, 0.6) is 0 Å². The van der Waals surface area contributed by atoms with Crippen molar-refractivity contribution in [3.63, 3.8) is 0 Å². The minimum absolute atomic E-state index is 0.0759. The molecule has 0 bridgehead atoms. The molecule has 2 amide bonds. The second-order valence-corrected chi connectivity index (χ2v) is 6.48. The van der Waals surface area contributed by atoms with Gasteiger partial charge in [-0.3, -0.25) is 10.2 Å². The van der Waals surface area contributed by atoms with E-state index in [1.807, 2.05) is 23.1 Å². The number of carbonyl (C=O) groups excluding carboxylic acids is 1. The summed E-state index contributed by atoms with van der Waals surface area (Å²) in [6.45, 7) is 3.79. The monoisotopic (exact) mass is 338 g/mol. The Morgan fingerprint density at radius 1 is 1.16 bits per heavy atom. The van der Waals surface area contributed by atoms with Gasteiger partial charge in [-0.05, 0) is 17.7 Å². The summed E-state index contributed by atoms with van der Waals surface area (Å²) in [5.74, 6) is 0.574. The molecule has 2 aliphatic heterocycles. The molecular weight excluding hydrogens is 316 g/mol. The van der Waals surface area contributed by atoms with E-state index in [0.29, 0.717) is 25.5 Å². The molecule has 4 rings (SSSR count). The zero-order chi connectivity index (χ0) is 17.1. The highest BCUT2D eigenvalue weighted by molar-refractivity contribution is 5.88. The SMILES string of the molecule is O=C(Nc1ccccn1)N1C[C@@H]2[C@@H](C1)OCCN2Cc1ccccc1. The first-order chi connectivity index (χ1) is 12.3. The van der Waals surface area contributed by atoms with Crippen LogP contribution in [0.15, 0.2) is 54.7 Å². The van der Waals surface area contributed by atoms with E-state index in [-0.39, 0.29) is 18.2 Å². The Balaban J connectivity index is 1.41. The lowest BCUT2D eigenvalue weighted by atomic mass is 10.1. The lowest BCUT2D eigenvalue weighted by Crippen LogP contribution is -2.50. The molecule has 0 aliphatic carbocycles. The van der Waals surface area contributed by atoms with Crippen molar-refractivity contribution >= 4 is 11.8 Å². The lowest BCUT2D eigenvalue weighted by Gasteiger charge is -2.36. The predicted molar refractivity (Wildman–Crippen MR) is 95.2 cm³/mol. The van der Waals surface area contributed by atoms with Crippen LogP contribution in [0, 0.1) is 0 Å². The third-order valence-corrected chi connectivity index (χ3v) is 4.83. The van der Waals surface area contributed by atoms with Crippen LogP contribution in [-0.2, 0) is 11.3 Å². The Kier molecular flexibility index (Phi) is 4.63. The van der Waals surface area contributed by atoms with Crippen molar-refractivity contribution in [2.24, 2.45) is 0 Å². The van der Waals surface area contributed by atoms with Gasteiger partial charge in [0.2, 0.25) is 0 Å². The maximum atomic E-state index is 12.5. The molecule has 2 saturated heterocycles. The summed E-state index contributed by atoms with van der Waals surface area (Å²) in [4.78, 5) is 20.9. The van der Waals surface area contributed by atoms with Crippen LogP contribution < -0.4 is 5.32 Å². The summed E-state index contributed by atoms with van der Waals surface area (Å²) in [6, 6.07) is 16.1. The zero-order valence-electron chi connectivity index (χ0n) is 14.0. The number of rotatable bonds is 3. The average molecular weight is 338 g/mol. The Bertz CT molecular complexity index is 710. The van der Waals surface area contributed by atoms with Crippen LogP contribution in [-0.4, -0.2) is 59.2 Å². The summed E-state index contributed by atoms with van der Waals surface area (Å²) in [5, 5.41) is 2.86. The number of hydrogen-bond acceptors (Lipinski definition) is 4. The van der Waals surface area contributed by atoms with Crippen LogP contribution in [0.25, 0.3) is 0 Å². The number of aromatic nitrogens is 1. The number of nitrogens with one attached hydrogen (secondary N) is 1. The highest BCUT2D eigenvalue weighted by Crippen LogP contribution is 2.25. The minimum atomic E-state index is -0.114. The molecule has 2 aromatic rings. The molecule has 0 saturated carbocycles. The van der Waals surface area contributed by atoms with E-state index in [1.54, 1.807) is 12.3 Å². The van der Waals surface area contributed by atoms with Gasteiger partial charge < -0.3 is 9.64 Å². The highest BCUT2D eigenvalue weighted by atomic mass is 16.5. The number of amides is 2. The highest BCUT2D eigenvalue weighted by Gasteiger charge is 2.41. The number of pyridine rings is 1. The number of carbonyl (C=O) groups is 1. The Labute approximate surface area is 147 Å². The van der Waals surface area contributed by atoms with Crippen molar-refractivity contribution in [2.75, 3.05) is 31.6 Å². The van der Waals surface area contributed by atoms with Gasteiger partial charge >= 0.3 is 6.03 Å². The van der Waals surface area contributed by atoms with Crippen LogP contribution in [0.4, 0.5) is 10.6 Å². The van der Waals surface area contributed by atoms with Gasteiger partial charge in [0, 0.05) is 25.8 Å². The molecular formula is C19H22N4O2. The van der Waals surface area contributed by atoms with Crippen LogP contribution in [0.2, 0.25) is 0 Å². The molecule has 25 heavy (non-hydrogen) atoms. The van der Waals surface area contributed by atoms with Crippen molar-refractivity contribution < 1.29 is 9.53 Å². The van der Waals surface area contributed by atoms with Crippen molar-refractivity contribution in [3.8, 4) is 0 Å². The molecule has 2 aliphatic rings. The number of ether oxygens (including phenoxy) is 1. The molecule has 0 spiro atoms. The van der Waals surface area contributed by atoms with E-state index in [1.165, 1.54) is 5.56 Å². The van der Waals surface area contributed by atoms with Gasteiger partial charge in [0.1, 0.15) is 5.82 Å². The van der Waals surface area contributed by atoms with E-state index in [0.717, 1.165) is 13.1 Å². The van der Waals surface area contributed by atoms with Gasteiger partial charge in [-0.25, -0.2) is 9.78 Å². The molecule has 6 nitrogen and oxygen atoms in total. The van der Waals surface area contributed by atoms with Gasteiger partial charge in [-0.15, -0.1) is 0 Å². The van der Waals surface area contributed by atoms with E-state index >= 15 is 0 Å². The fraction of sp³-hybridized carbons (Fsp3) is 0.368. The summed E-state index contributed by atoms with van der Waals surface area (Å²) in [5.41, 5.74) is 1.29. The molecule has 3 heterocycles. The number of benzene rings is 1. The third-order valence-electron chi connectivity index (χ3n) is 4.83. The van der Waals surface area contributed by atoms with Crippen molar-refractivity contribution in [1.82, 2.24) is 14.8 Å². The Morgan fingerprint density at radius 2 is 2.00 bits per heavy atom. The van der Waals surface area contributed by atoms with E-state index in [2.05, 4.69) is 39.5 Å². The van der Waals surface area contributed by atoms with Crippen LogP contribution in [0.3, 0.4) is 0 Å². The van der Waals surface area contributed by atoms with Crippen molar-refractivity contribution in [1.29, 1.82) is 0 Å². The summed E-state index contributed by atoms with van der Waals surface area (Å²) in [7, 11) is 0. The first-order valence-corrected chi connectivity index (χ1v) is 8.66. The van der Waals surface area contributed by atoms with Gasteiger partial charge in [0.15, 0.2) is 0 Å². The maximum Gasteiger partial charge on any atom is 0.323 e. The normalized spacial score (nSPS) is 23.3. The molecule has 1 aromatic heterocycles. The first kappa shape index (κ1) is 16.1. The minimum Gasteiger partial charge on any atom is -0.373 e. The van der Waals surface area contributed by atoms with Gasteiger partial charge in [0.05, 0.1) is 25.3 Å². The fourth-order valence-electron chi connectivity index (χ4n) is 3.56. The molecule has 0 unspecified atom stereocenters. The molecule has 130 valence electrons. The van der Waals surface area contributed by atoms with Gasteiger partial charge in [-0.1, -0.05) is 36.4 Å². The number of fused-ring (bicyclic) bond motifs is 1. The Morgan fingerprint density at radius 3 is 2.80 bits per heavy atom. The summed E-state index contributed by atoms with van der Waals surface area (Å²) in [6.07, 6.45) is 1.75. The standard InChI is InChI=1S/C19H22N4O2/c24-19(21-18-8-4-5-9-20-18)23-13-16-17(14-23)25-11-10-22(16)12-15-6-2-1-3-7-15/h1-9,16-17H,10-14H2,(H,20,21,24)/t16-,17-/m1/s1. The summed E-state index contributed by atoms with van der Waals surface area (Å²) >= 11 is 0. The second kappa shape index (κ2) is 7.21. The summed E-state index contributed by atoms with van der Waals surface area (Å²) < 4.78 is 5.92. The fourth-order valence-corrected chi connectivity index (χ4v) is 3.56. The predicted octanol–water partition coefficient (Wildman–Crippen LogP) is 2.20. The Hall–Kier alpha value is -2.44. The number of likely N-dealkylation sites (tertiary alicyclic amines) is 1. The molecule has 1 aromatic carbocycles. The number of urea groups is 1. The average Bonchev–Trinajstić information content (AvgIpc) is 3.09. The van der Waals surface area contributed by atoms with Crippen molar-refractivity contribution in [2.45, 2.75) is 18.7 Å².